The lowest BCUT2D eigenvalue weighted by molar-refractivity contribution is 0.120. The summed E-state index contributed by atoms with van der Waals surface area (Å²) < 4.78 is 5.55. The first-order valence-corrected chi connectivity index (χ1v) is 5.15. The molecule has 0 amide bonds. The Balaban J connectivity index is 2.40. The summed E-state index contributed by atoms with van der Waals surface area (Å²) in [6, 6.07) is 7.05. The Kier molecular flexibility index (Phi) is 2.85. The SMILES string of the molecule is CNC1CCOCc2ccc(C)cc21. The zero-order valence-corrected chi connectivity index (χ0v) is 8.84. The number of hydrogen-bond donors (Lipinski definition) is 1. The fraction of sp³-hybridized carbons (Fsp3) is 0.500. The van der Waals surface area contributed by atoms with Crippen LogP contribution in [0.3, 0.4) is 0 Å². The highest BCUT2D eigenvalue weighted by molar-refractivity contribution is 5.34. The average molecular weight is 191 g/mol. The number of fused-ring (bicyclic) bond motifs is 1. The first-order valence-electron chi connectivity index (χ1n) is 5.15. The summed E-state index contributed by atoms with van der Waals surface area (Å²) in [6.07, 6.45) is 1.06. The molecule has 1 aliphatic rings. The number of benzene rings is 1. The minimum Gasteiger partial charge on any atom is -0.377 e. The number of aryl methyl sites for hydroxylation is 1. The number of hydrogen-bond acceptors (Lipinski definition) is 2. The van der Waals surface area contributed by atoms with Crippen molar-refractivity contribution in [2.45, 2.75) is 26.0 Å². The second kappa shape index (κ2) is 4.11. The van der Waals surface area contributed by atoms with Gasteiger partial charge in [-0.3, -0.25) is 0 Å². The second-order valence-electron chi connectivity index (χ2n) is 3.88. The van der Waals surface area contributed by atoms with E-state index >= 15 is 0 Å². The first-order chi connectivity index (χ1) is 6.81. The van der Waals surface area contributed by atoms with Crippen LogP contribution in [0.15, 0.2) is 18.2 Å². The van der Waals surface area contributed by atoms with E-state index in [1.807, 2.05) is 7.05 Å². The molecular formula is C12H17NO. The van der Waals surface area contributed by atoms with E-state index < -0.39 is 0 Å². The Hall–Kier alpha value is -0.860. The maximum Gasteiger partial charge on any atom is 0.0720 e. The van der Waals surface area contributed by atoms with Crippen LogP contribution in [0.25, 0.3) is 0 Å². The number of ether oxygens (including phenoxy) is 1. The van der Waals surface area contributed by atoms with E-state index in [0.29, 0.717) is 6.04 Å². The molecular weight excluding hydrogens is 174 g/mol. The molecule has 1 aliphatic heterocycles. The van der Waals surface area contributed by atoms with Gasteiger partial charge < -0.3 is 10.1 Å². The number of rotatable bonds is 1. The van der Waals surface area contributed by atoms with E-state index in [9.17, 15) is 0 Å². The summed E-state index contributed by atoms with van der Waals surface area (Å²) in [6.45, 7) is 3.74. The lowest BCUT2D eigenvalue weighted by atomic mass is 9.97. The Labute approximate surface area is 85.3 Å². The van der Waals surface area contributed by atoms with Gasteiger partial charge in [-0.15, -0.1) is 0 Å². The molecule has 1 aromatic rings. The zero-order chi connectivity index (χ0) is 9.97. The van der Waals surface area contributed by atoms with Crippen LogP contribution >= 0.6 is 0 Å². The molecule has 2 rings (SSSR count). The Morgan fingerprint density at radius 3 is 3.07 bits per heavy atom. The van der Waals surface area contributed by atoms with Gasteiger partial charge in [0.15, 0.2) is 0 Å². The Morgan fingerprint density at radius 1 is 1.43 bits per heavy atom. The largest absolute Gasteiger partial charge is 0.377 e. The molecule has 1 atom stereocenters. The van der Waals surface area contributed by atoms with Gasteiger partial charge in [0.1, 0.15) is 0 Å². The third-order valence-corrected chi connectivity index (χ3v) is 2.83. The third kappa shape index (κ3) is 1.81. The minimum absolute atomic E-state index is 0.451. The van der Waals surface area contributed by atoms with E-state index in [-0.39, 0.29) is 0 Å². The fourth-order valence-corrected chi connectivity index (χ4v) is 2.01. The van der Waals surface area contributed by atoms with Crippen LogP contribution in [0, 0.1) is 6.92 Å². The van der Waals surface area contributed by atoms with Gasteiger partial charge in [-0.1, -0.05) is 23.8 Å². The van der Waals surface area contributed by atoms with Crippen molar-refractivity contribution in [2.24, 2.45) is 0 Å². The Morgan fingerprint density at radius 2 is 2.29 bits per heavy atom. The van der Waals surface area contributed by atoms with Gasteiger partial charge in [-0.05, 0) is 31.5 Å². The summed E-state index contributed by atoms with van der Waals surface area (Å²) in [5, 5.41) is 3.35. The molecule has 0 aromatic heterocycles. The highest BCUT2D eigenvalue weighted by Crippen LogP contribution is 2.25. The van der Waals surface area contributed by atoms with Gasteiger partial charge >= 0.3 is 0 Å². The molecule has 76 valence electrons. The van der Waals surface area contributed by atoms with Crippen molar-refractivity contribution in [3.63, 3.8) is 0 Å². The van der Waals surface area contributed by atoms with Crippen LogP contribution in [0.2, 0.25) is 0 Å². The summed E-state index contributed by atoms with van der Waals surface area (Å²) in [7, 11) is 2.02. The van der Waals surface area contributed by atoms with E-state index in [1.165, 1.54) is 16.7 Å². The molecule has 0 fully saturated rings. The molecule has 1 heterocycles. The Bertz CT molecular complexity index is 322. The average Bonchev–Trinajstić information content (AvgIpc) is 2.39. The molecule has 0 saturated heterocycles. The molecule has 14 heavy (non-hydrogen) atoms. The van der Waals surface area contributed by atoms with Crippen LogP contribution in [-0.4, -0.2) is 13.7 Å². The van der Waals surface area contributed by atoms with Crippen LogP contribution in [0.5, 0.6) is 0 Å². The van der Waals surface area contributed by atoms with E-state index in [1.54, 1.807) is 0 Å². The van der Waals surface area contributed by atoms with Crippen molar-refractivity contribution in [3.8, 4) is 0 Å². The molecule has 0 saturated carbocycles. The minimum atomic E-state index is 0.451. The van der Waals surface area contributed by atoms with Crippen molar-refractivity contribution in [3.05, 3.63) is 34.9 Å². The van der Waals surface area contributed by atoms with Crippen LogP contribution < -0.4 is 5.32 Å². The van der Waals surface area contributed by atoms with Gasteiger partial charge in [0.25, 0.3) is 0 Å². The van der Waals surface area contributed by atoms with E-state index in [4.69, 9.17) is 4.74 Å². The normalized spacial score (nSPS) is 21.4. The van der Waals surface area contributed by atoms with Crippen molar-refractivity contribution in [1.82, 2.24) is 5.32 Å². The topological polar surface area (TPSA) is 21.3 Å². The smallest absolute Gasteiger partial charge is 0.0720 e. The second-order valence-corrected chi connectivity index (χ2v) is 3.88. The van der Waals surface area contributed by atoms with E-state index in [2.05, 4.69) is 30.4 Å². The quantitative estimate of drug-likeness (QED) is 0.734. The van der Waals surface area contributed by atoms with Crippen LogP contribution in [0.4, 0.5) is 0 Å². The van der Waals surface area contributed by atoms with Gasteiger partial charge in [-0.25, -0.2) is 0 Å². The van der Waals surface area contributed by atoms with Crippen molar-refractivity contribution in [2.75, 3.05) is 13.7 Å². The molecule has 0 aliphatic carbocycles. The molecule has 2 nitrogen and oxygen atoms in total. The maximum absolute atomic E-state index is 5.55. The van der Waals surface area contributed by atoms with Gasteiger partial charge in [0.2, 0.25) is 0 Å². The standard InChI is InChI=1S/C12H17NO/c1-9-3-4-10-8-14-6-5-12(13-2)11(10)7-9/h3-4,7,12-13H,5-6,8H2,1-2H3. The monoisotopic (exact) mass is 191 g/mol. The maximum atomic E-state index is 5.55. The zero-order valence-electron chi connectivity index (χ0n) is 8.84. The fourth-order valence-electron chi connectivity index (χ4n) is 2.01. The van der Waals surface area contributed by atoms with Gasteiger partial charge in [0.05, 0.1) is 6.61 Å². The number of nitrogens with one attached hydrogen (secondary N) is 1. The van der Waals surface area contributed by atoms with Crippen LogP contribution in [-0.2, 0) is 11.3 Å². The lowest BCUT2D eigenvalue weighted by Crippen LogP contribution is -2.17. The van der Waals surface area contributed by atoms with Crippen LogP contribution in [0.1, 0.15) is 29.2 Å². The van der Waals surface area contributed by atoms with Gasteiger partial charge in [0, 0.05) is 12.6 Å². The summed E-state index contributed by atoms with van der Waals surface area (Å²) >= 11 is 0. The first kappa shape index (κ1) is 9.69. The van der Waals surface area contributed by atoms with Crippen molar-refractivity contribution >= 4 is 0 Å². The highest BCUT2D eigenvalue weighted by atomic mass is 16.5. The molecule has 0 bridgehead atoms. The summed E-state index contributed by atoms with van der Waals surface area (Å²) in [4.78, 5) is 0. The molecule has 1 aromatic carbocycles. The molecule has 0 spiro atoms. The van der Waals surface area contributed by atoms with E-state index in [0.717, 1.165) is 19.6 Å². The molecule has 1 N–H and O–H groups in total. The predicted molar refractivity (Wildman–Crippen MR) is 57.3 cm³/mol. The molecule has 0 radical (unpaired) electrons. The third-order valence-electron chi connectivity index (χ3n) is 2.83. The van der Waals surface area contributed by atoms with Crippen molar-refractivity contribution in [1.29, 1.82) is 0 Å². The van der Waals surface area contributed by atoms with Crippen molar-refractivity contribution < 1.29 is 4.74 Å². The summed E-state index contributed by atoms with van der Waals surface area (Å²) in [5.74, 6) is 0. The summed E-state index contributed by atoms with van der Waals surface area (Å²) in [5.41, 5.74) is 4.06. The molecule has 1 unspecified atom stereocenters. The lowest BCUT2D eigenvalue weighted by Gasteiger charge is -2.16. The highest BCUT2D eigenvalue weighted by Gasteiger charge is 2.16. The van der Waals surface area contributed by atoms with Gasteiger partial charge in [-0.2, -0.15) is 0 Å². The molecule has 2 heteroatoms. The predicted octanol–water partition coefficient (Wildman–Crippen LogP) is 2.18.